The minimum Gasteiger partial charge on any atom is -0.260 e. The molecule has 1 heteroatoms. The Hall–Kier alpha value is -1.11. The maximum absolute atomic E-state index is 4.66. The first-order chi connectivity index (χ1) is 7.84. The minimum atomic E-state index is 0. The van der Waals surface area contributed by atoms with Crippen molar-refractivity contribution in [3.8, 4) is 0 Å². The second kappa shape index (κ2) is 4.04. The second-order valence-electron chi connectivity index (χ2n) is 5.34. The molecule has 1 unspecified atom stereocenters. The summed E-state index contributed by atoms with van der Waals surface area (Å²) in [6.45, 7) is 2.38. The maximum Gasteiger partial charge on any atom is 0.0509 e. The van der Waals surface area contributed by atoms with E-state index in [0.717, 1.165) is 12.3 Å². The van der Waals surface area contributed by atoms with Crippen molar-refractivity contribution in [3.63, 3.8) is 0 Å². The van der Waals surface area contributed by atoms with E-state index in [4.69, 9.17) is 0 Å². The van der Waals surface area contributed by atoms with Gasteiger partial charge in [0, 0.05) is 13.5 Å². The van der Waals surface area contributed by atoms with Crippen molar-refractivity contribution in [3.05, 3.63) is 35.2 Å². The Kier molecular flexibility index (Phi) is 2.55. The van der Waals surface area contributed by atoms with Gasteiger partial charge in [0.1, 0.15) is 0 Å². The van der Waals surface area contributed by atoms with Crippen LogP contribution in [0.15, 0.2) is 18.3 Å². The van der Waals surface area contributed by atoms with Gasteiger partial charge < -0.3 is 0 Å². The summed E-state index contributed by atoms with van der Waals surface area (Å²) in [7, 11) is 0. The molecule has 2 aliphatic carbocycles. The third-order valence-corrected chi connectivity index (χ3v) is 4.06. The van der Waals surface area contributed by atoms with Crippen molar-refractivity contribution in [2.45, 2.75) is 44.9 Å². The Bertz CT molecular complexity index is 425. The lowest BCUT2D eigenvalue weighted by Crippen LogP contribution is -2.14. The van der Waals surface area contributed by atoms with Crippen molar-refractivity contribution in [2.75, 3.05) is 0 Å². The van der Waals surface area contributed by atoms with Crippen LogP contribution in [0.1, 0.15) is 56.8 Å². The highest BCUT2D eigenvalue weighted by atomic mass is 14.7. The molecule has 1 aromatic heterocycles. The highest BCUT2D eigenvalue weighted by molar-refractivity contribution is 5.62. The van der Waals surface area contributed by atoms with Crippen LogP contribution < -0.4 is 0 Å². The number of aromatic nitrogens is 1. The van der Waals surface area contributed by atoms with Crippen LogP contribution >= 0.6 is 0 Å². The molecule has 1 nitrogen and oxygen atoms in total. The van der Waals surface area contributed by atoms with E-state index in [0.29, 0.717) is 5.92 Å². The van der Waals surface area contributed by atoms with Gasteiger partial charge in [0.15, 0.2) is 0 Å². The zero-order chi connectivity index (χ0) is 11.0. The van der Waals surface area contributed by atoms with Gasteiger partial charge in [0.25, 0.3) is 0 Å². The van der Waals surface area contributed by atoms with Gasteiger partial charge in [-0.15, -0.1) is 0 Å². The van der Waals surface area contributed by atoms with Crippen LogP contribution in [-0.2, 0) is 6.42 Å². The number of pyridine rings is 1. The van der Waals surface area contributed by atoms with Crippen LogP contribution in [0.5, 0.6) is 0 Å². The summed E-state index contributed by atoms with van der Waals surface area (Å²) < 4.78 is 0. The number of hydrogen-bond acceptors (Lipinski definition) is 1. The fraction of sp³-hybridized carbons (Fsp3) is 0.533. The zero-order valence-corrected chi connectivity index (χ0v) is 9.95. The highest BCUT2D eigenvalue weighted by Gasteiger charge is 2.24. The van der Waals surface area contributed by atoms with Gasteiger partial charge in [-0.1, -0.05) is 31.9 Å². The molecule has 86 valence electrons. The number of nitrogens with zero attached hydrogens (tertiary/aromatic N) is 1. The Morgan fingerprint density at radius 1 is 1.38 bits per heavy atom. The predicted molar refractivity (Wildman–Crippen MR) is 69.5 cm³/mol. The average Bonchev–Trinajstić information content (AvgIpc) is 2.76. The van der Waals surface area contributed by atoms with E-state index < -0.39 is 0 Å². The largest absolute Gasteiger partial charge is 0.260 e. The molecule has 0 aromatic carbocycles. The van der Waals surface area contributed by atoms with Gasteiger partial charge in [-0.05, 0) is 42.4 Å². The molecule has 1 saturated carbocycles. The van der Waals surface area contributed by atoms with Gasteiger partial charge in [0.05, 0.1) is 5.69 Å². The van der Waals surface area contributed by atoms with Crippen LogP contribution in [0.2, 0.25) is 0 Å². The molecule has 2 atom stereocenters. The lowest BCUT2D eigenvalue weighted by atomic mass is 9.79. The number of allylic oxidation sites excluding steroid dienone is 1. The summed E-state index contributed by atoms with van der Waals surface area (Å²) in [6.07, 6.45) is 13.1. The Morgan fingerprint density at radius 2 is 2.31 bits per heavy atom. The molecular formula is C15H21N. The number of rotatable bonds is 1. The van der Waals surface area contributed by atoms with E-state index >= 15 is 0 Å². The summed E-state index contributed by atoms with van der Waals surface area (Å²) >= 11 is 0. The zero-order valence-electron chi connectivity index (χ0n) is 9.95. The summed E-state index contributed by atoms with van der Waals surface area (Å²) in [6, 6.07) is 2.17. The van der Waals surface area contributed by atoms with E-state index in [1.807, 2.05) is 6.20 Å². The molecule has 0 amide bonds. The Morgan fingerprint density at radius 3 is 3.19 bits per heavy atom. The fourth-order valence-corrected chi connectivity index (χ4v) is 3.21. The van der Waals surface area contributed by atoms with Crippen LogP contribution in [0.4, 0.5) is 0 Å². The van der Waals surface area contributed by atoms with Crippen molar-refractivity contribution < 1.29 is 1.43 Å². The quantitative estimate of drug-likeness (QED) is 0.684. The molecule has 0 aliphatic heterocycles. The summed E-state index contributed by atoms with van der Waals surface area (Å²) in [5.41, 5.74) is 4.28. The minimum absolute atomic E-state index is 0. The van der Waals surface area contributed by atoms with Gasteiger partial charge in [-0.2, -0.15) is 0 Å². The molecule has 3 rings (SSSR count). The van der Waals surface area contributed by atoms with E-state index in [9.17, 15) is 0 Å². The summed E-state index contributed by atoms with van der Waals surface area (Å²) in [5, 5.41) is 0. The van der Waals surface area contributed by atoms with Crippen LogP contribution in [0.3, 0.4) is 0 Å². The first kappa shape index (κ1) is 10.1. The van der Waals surface area contributed by atoms with Crippen molar-refractivity contribution in [1.29, 1.82) is 0 Å². The third kappa shape index (κ3) is 1.68. The van der Waals surface area contributed by atoms with E-state index in [-0.39, 0.29) is 1.43 Å². The summed E-state index contributed by atoms with van der Waals surface area (Å²) in [4.78, 5) is 4.66. The smallest absolute Gasteiger partial charge is 0.0509 e. The first-order valence-corrected chi connectivity index (χ1v) is 6.49. The molecule has 1 aromatic rings. The van der Waals surface area contributed by atoms with E-state index in [1.54, 1.807) is 0 Å². The van der Waals surface area contributed by atoms with Gasteiger partial charge >= 0.3 is 0 Å². The molecule has 16 heavy (non-hydrogen) atoms. The van der Waals surface area contributed by atoms with E-state index in [1.165, 1.54) is 42.5 Å². The maximum atomic E-state index is 4.66. The van der Waals surface area contributed by atoms with Crippen molar-refractivity contribution >= 4 is 6.08 Å². The third-order valence-electron chi connectivity index (χ3n) is 4.06. The van der Waals surface area contributed by atoms with Crippen molar-refractivity contribution in [1.82, 2.24) is 4.98 Å². The van der Waals surface area contributed by atoms with Gasteiger partial charge in [-0.3, -0.25) is 4.98 Å². The van der Waals surface area contributed by atoms with Gasteiger partial charge in [0.2, 0.25) is 0 Å². The van der Waals surface area contributed by atoms with E-state index in [2.05, 4.69) is 30.1 Å². The fourth-order valence-electron chi connectivity index (χ4n) is 3.21. The Labute approximate surface area is 99.1 Å². The summed E-state index contributed by atoms with van der Waals surface area (Å²) in [5.74, 6) is 1.59. The molecule has 0 bridgehead atoms. The standard InChI is InChI=1S/C15H19N.H2/c1-11-4-2-6-13(10-11)15-14-7-3-5-12(14)8-9-16-15;/h3,7-9,11,13H,2,4-6,10H2,1H3;1H/t11-,13?;/m1./s1. The lowest BCUT2D eigenvalue weighted by molar-refractivity contribution is 0.339. The molecule has 0 radical (unpaired) electrons. The first-order valence-electron chi connectivity index (χ1n) is 6.49. The lowest BCUT2D eigenvalue weighted by Gasteiger charge is -2.27. The molecule has 2 aliphatic rings. The molecule has 0 N–H and O–H groups in total. The molecule has 0 spiro atoms. The predicted octanol–water partition coefficient (Wildman–Crippen LogP) is 4.19. The number of fused-ring (bicyclic) bond motifs is 1. The normalized spacial score (nSPS) is 28.1. The Balaban J connectivity index is 0.00000108. The average molecular weight is 215 g/mol. The molecule has 1 fully saturated rings. The molecule has 1 heterocycles. The van der Waals surface area contributed by atoms with Crippen LogP contribution in [-0.4, -0.2) is 4.98 Å². The van der Waals surface area contributed by atoms with Crippen LogP contribution in [0, 0.1) is 5.92 Å². The monoisotopic (exact) mass is 215 g/mol. The van der Waals surface area contributed by atoms with Gasteiger partial charge in [-0.25, -0.2) is 0 Å². The topological polar surface area (TPSA) is 12.9 Å². The molecular weight excluding hydrogens is 194 g/mol. The van der Waals surface area contributed by atoms with Crippen LogP contribution in [0.25, 0.3) is 6.08 Å². The molecule has 0 saturated heterocycles. The SMILES string of the molecule is C[C@@H]1CCCC(c2nccc3c2C=CC3)C1.[HH]. The highest BCUT2D eigenvalue weighted by Crippen LogP contribution is 2.38. The second-order valence-corrected chi connectivity index (χ2v) is 5.34. The number of hydrogen-bond donors (Lipinski definition) is 0. The van der Waals surface area contributed by atoms with Crippen molar-refractivity contribution in [2.24, 2.45) is 5.92 Å².